The first-order chi connectivity index (χ1) is 9.25. The highest BCUT2D eigenvalue weighted by Gasteiger charge is 2.26. The van der Waals surface area contributed by atoms with Crippen molar-refractivity contribution in [1.29, 1.82) is 0 Å². The number of rotatable bonds is 2. The van der Waals surface area contributed by atoms with E-state index in [1.54, 1.807) is 17.4 Å². The number of amides is 1. The molecule has 0 saturated carbocycles. The molecular weight excluding hydrogens is 298 g/mol. The fourth-order valence-electron chi connectivity index (χ4n) is 2.20. The Morgan fingerprint density at radius 2 is 2.45 bits per heavy atom. The van der Waals surface area contributed by atoms with E-state index in [9.17, 15) is 4.79 Å². The van der Waals surface area contributed by atoms with Crippen molar-refractivity contribution in [2.45, 2.75) is 13.0 Å². The summed E-state index contributed by atoms with van der Waals surface area (Å²) >= 11 is 1.57. The highest BCUT2D eigenvalue weighted by atomic mass is 35.5. The average Bonchev–Trinajstić information content (AvgIpc) is 3.09. The van der Waals surface area contributed by atoms with E-state index in [-0.39, 0.29) is 24.4 Å². The maximum Gasteiger partial charge on any atom is 0.276 e. The molecule has 20 heavy (non-hydrogen) atoms. The molecule has 1 saturated heterocycles. The van der Waals surface area contributed by atoms with Crippen molar-refractivity contribution in [3.63, 3.8) is 0 Å². The molecule has 1 N–H and O–H groups in total. The summed E-state index contributed by atoms with van der Waals surface area (Å²) in [4.78, 5) is 15.2. The van der Waals surface area contributed by atoms with Crippen LogP contribution >= 0.6 is 23.7 Å². The number of aromatic nitrogens is 1. The predicted octanol–water partition coefficient (Wildman–Crippen LogP) is 2.26. The van der Waals surface area contributed by atoms with E-state index in [2.05, 4.69) is 10.5 Å². The Labute approximate surface area is 127 Å². The van der Waals surface area contributed by atoms with Crippen LogP contribution in [0.2, 0.25) is 0 Å². The first kappa shape index (κ1) is 15.0. The topological polar surface area (TPSA) is 58.4 Å². The maximum absolute atomic E-state index is 12.4. The largest absolute Gasteiger partial charge is 0.355 e. The second-order valence-electron chi connectivity index (χ2n) is 4.61. The lowest BCUT2D eigenvalue weighted by Gasteiger charge is -2.33. The van der Waals surface area contributed by atoms with Crippen molar-refractivity contribution < 1.29 is 9.32 Å². The van der Waals surface area contributed by atoms with Gasteiger partial charge in [0.2, 0.25) is 0 Å². The molecule has 0 aliphatic carbocycles. The summed E-state index contributed by atoms with van der Waals surface area (Å²) in [5, 5.41) is 9.13. The Bertz CT molecular complexity index is 570. The summed E-state index contributed by atoms with van der Waals surface area (Å²) < 4.78 is 5.25. The minimum atomic E-state index is -0.0550. The minimum absolute atomic E-state index is 0. The third kappa shape index (κ3) is 2.87. The monoisotopic (exact) mass is 313 g/mol. The van der Waals surface area contributed by atoms with Gasteiger partial charge in [-0.3, -0.25) is 4.79 Å². The number of piperazine rings is 1. The lowest BCUT2D eigenvalue weighted by molar-refractivity contribution is 0.0645. The molecule has 3 rings (SSSR count). The van der Waals surface area contributed by atoms with Crippen LogP contribution in [-0.2, 0) is 0 Å². The van der Waals surface area contributed by atoms with Crippen molar-refractivity contribution in [3.05, 3.63) is 29.3 Å². The Balaban J connectivity index is 0.00000147. The smallest absolute Gasteiger partial charge is 0.276 e. The standard InChI is InChI=1S/C13H15N3O2S.ClH/c1-9-8-14-4-5-16(9)13(17)10-7-11(18-15-10)12-3-2-6-19-12;/h2-3,6-7,9,14H,4-5,8H2,1H3;1H/t9-;/m0./s1. The van der Waals surface area contributed by atoms with Gasteiger partial charge in [0.05, 0.1) is 4.88 Å². The molecule has 0 radical (unpaired) electrons. The quantitative estimate of drug-likeness (QED) is 0.924. The normalized spacial score (nSPS) is 18.6. The zero-order valence-corrected chi connectivity index (χ0v) is 12.7. The molecule has 1 atom stereocenters. The molecule has 2 aromatic rings. The molecule has 1 aliphatic heterocycles. The molecule has 0 aromatic carbocycles. The Morgan fingerprint density at radius 1 is 1.60 bits per heavy atom. The number of hydrogen-bond donors (Lipinski definition) is 1. The summed E-state index contributed by atoms with van der Waals surface area (Å²) in [7, 11) is 0. The molecule has 1 fully saturated rings. The summed E-state index contributed by atoms with van der Waals surface area (Å²) in [5.74, 6) is 0.599. The van der Waals surface area contributed by atoms with E-state index in [1.165, 1.54) is 0 Å². The van der Waals surface area contributed by atoms with Crippen LogP contribution in [0.5, 0.6) is 0 Å². The van der Waals surface area contributed by atoms with Crippen molar-refractivity contribution >= 4 is 29.7 Å². The molecule has 3 heterocycles. The molecular formula is C13H16ClN3O2S. The van der Waals surface area contributed by atoms with Crippen LogP contribution in [-0.4, -0.2) is 41.6 Å². The van der Waals surface area contributed by atoms with Crippen LogP contribution in [0.4, 0.5) is 0 Å². The molecule has 7 heteroatoms. The van der Waals surface area contributed by atoms with Crippen molar-refractivity contribution in [2.24, 2.45) is 0 Å². The predicted molar refractivity (Wildman–Crippen MR) is 80.4 cm³/mol. The zero-order valence-electron chi connectivity index (χ0n) is 11.0. The van der Waals surface area contributed by atoms with Gasteiger partial charge in [0.25, 0.3) is 5.91 Å². The van der Waals surface area contributed by atoms with Gasteiger partial charge < -0.3 is 14.7 Å². The van der Waals surface area contributed by atoms with E-state index in [1.807, 2.05) is 29.3 Å². The van der Waals surface area contributed by atoms with E-state index >= 15 is 0 Å². The van der Waals surface area contributed by atoms with Gasteiger partial charge in [0.1, 0.15) is 0 Å². The number of carbonyl (C=O) groups is 1. The average molecular weight is 314 g/mol. The number of halogens is 1. The number of hydrogen-bond acceptors (Lipinski definition) is 5. The van der Waals surface area contributed by atoms with Crippen LogP contribution in [0, 0.1) is 0 Å². The van der Waals surface area contributed by atoms with Gasteiger partial charge in [-0.15, -0.1) is 23.7 Å². The van der Waals surface area contributed by atoms with Gasteiger partial charge in [-0.05, 0) is 18.4 Å². The van der Waals surface area contributed by atoms with Gasteiger partial charge >= 0.3 is 0 Å². The zero-order chi connectivity index (χ0) is 13.2. The molecule has 108 valence electrons. The summed E-state index contributed by atoms with van der Waals surface area (Å²) in [5.41, 5.74) is 0.386. The second-order valence-corrected chi connectivity index (χ2v) is 5.55. The summed E-state index contributed by atoms with van der Waals surface area (Å²) in [6.45, 7) is 4.39. The van der Waals surface area contributed by atoms with E-state index < -0.39 is 0 Å². The maximum atomic E-state index is 12.4. The van der Waals surface area contributed by atoms with Gasteiger partial charge in [-0.25, -0.2) is 0 Å². The molecule has 2 aromatic heterocycles. The fraction of sp³-hybridized carbons (Fsp3) is 0.385. The highest BCUT2D eigenvalue weighted by molar-refractivity contribution is 7.13. The Hall–Kier alpha value is -1.37. The molecule has 0 bridgehead atoms. The van der Waals surface area contributed by atoms with Crippen LogP contribution in [0.3, 0.4) is 0 Å². The summed E-state index contributed by atoms with van der Waals surface area (Å²) in [6.07, 6.45) is 0. The first-order valence-electron chi connectivity index (χ1n) is 6.28. The minimum Gasteiger partial charge on any atom is -0.355 e. The molecule has 5 nitrogen and oxygen atoms in total. The Kier molecular flexibility index (Phi) is 4.80. The van der Waals surface area contributed by atoms with Gasteiger partial charge in [0.15, 0.2) is 11.5 Å². The fourth-order valence-corrected chi connectivity index (χ4v) is 2.87. The lowest BCUT2D eigenvalue weighted by Crippen LogP contribution is -2.52. The van der Waals surface area contributed by atoms with Crippen molar-refractivity contribution in [1.82, 2.24) is 15.4 Å². The van der Waals surface area contributed by atoms with Gasteiger partial charge in [-0.2, -0.15) is 0 Å². The second kappa shape index (κ2) is 6.39. The molecule has 0 spiro atoms. The van der Waals surface area contributed by atoms with E-state index in [4.69, 9.17) is 4.52 Å². The Morgan fingerprint density at radius 3 is 3.15 bits per heavy atom. The van der Waals surface area contributed by atoms with Gasteiger partial charge in [-0.1, -0.05) is 11.2 Å². The third-order valence-electron chi connectivity index (χ3n) is 3.26. The van der Waals surface area contributed by atoms with Crippen molar-refractivity contribution in [3.8, 4) is 10.6 Å². The van der Waals surface area contributed by atoms with Crippen LogP contribution in [0.15, 0.2) is 28.1 Å². The molecule has 1 amide bonds. The first-order valence-corrected chi connectivity index (χ1v) is 7.16. The van der Waals surface area contributed by atoms with Crippen LogP contribution in [0.25, 0.3) is 10.6 Å². The summed E-state index contributed by atoms with van der Waals surface area (Å²) in [6, 6.07) is 5.81. The van der Waals surface area contributed by atoms with E-state index in [0.29, 0.717) is 18.0 Å². The molecule has 1 aliphatic rings. The molecule has 0 unspecified atom stereocenters. The van der Waals surface area contributed by atoms with Gasteiger partial charge in [0, 0.05) is 31.7 Å². The third-order valence-corrected chi connectivity index (χ3v) is 4.14. The number of carbonyl (C=O) groups excluding carboxylic acids is 1. The van der Waals surface area contributed by atoms with Crippen LogP contribution < -0.4 is 5.32 Å². The number of nitrogens with one attached hydrogen (secondary N) is 1. The van der Waals surface area contributed by atoms with Crippen LogP contribution in [0.1, 0.15) is 17.4 Å². The number of thiophene rings is 1. The highest BCUT2D eigenvalue weighted by Crippen LogP contribution is 2.25. The van der Waals surface area contributed by atoms with E-state index in [0.717, 1.165) is 18.0 Å². The van der Waals surface area contributed by atoms with Crippen molar-refractivity contribution in [2.75, 3.05) is 19.6 Å². The SMILES string of the molecule is C[C@H]1CNCCN1C(=O)c1cc(-c2cccs2)on1.Cl. The number of nitrogens with zero attached hydrogens (tertiary/aromatic N) is 2. The lowest BCUT2D eigenvalue weighted by atomic mass is 10.2.